The molecule has 4 nitrogen and oxygen atoms in total. The lowest BCUT2D eigenvalue weighted by atomic mass is 9.69. The summed E-state index contributed by atoms with van der Waals surface area (Å²) in [6.45, 7) is 4.00. The van der Waals surface area contributed by atoms with E-state index in [2.05, 4.69) is 0 Å². The Morgan fingerprint density at radius 3 is 1.47 bits per heavy atom. The number of aryl methyl sites for hydroxylation is 2. The molecule has 0 aliphatic heterocycles. The van der Waals surface area contributed by atoms with Gasteiger partial charge >= 0.3 is 11.9 Å². The molecule has 4 saturated carbocycles. The maximum Gasteiger partial charge on any atom is 0.338 e. The summed E-state index contributed by atoms with van der Waals surface area (Å²) >= 11 is 0. The molecule has 4 aliphatic rings. The Bertz CT molecular complexity index is 957. The molecule has 166 valence electrons. The lowest BCUT2D eigenvalue weighted by molar-refractivity contribution is -0.0891. The molecule has 0 amide bonds. The van der Waals surface area contributed by atoms with Gasteiger partial charge in [0.15, 0.2) is 0 Å². The zero-order chi connectivity index (χ0) is 22.0. The van der Waals surface area contributed by atoms with E-state index in [1.165, 1.54) is 19.3 Å². The topological polar surface area (TPSA) is 52.6 Å². The number of ether oxygens (including phenoxy) is 2. The average Bonchev–Trinajstić information content (AvgIpc) is 3.55. The molecule has 0 spiro atoms. The molecule has 4 fully saturated rings. The van der Waals surface area contributed by atoms with E-state index in [-0.39, 0.29) is 24.1 Å². The van der Waals surface area contributed by atoms with E-state index in [0.717, 1.165) is 29.4 Å². The molecule has 0 aromatic heterocycles. The van der Waals surface area contributed by atoms with Crippen LogP contribution in [0.15, 0.2) is 48.5 Å². The summed E-state index contributed by atoms with van der Waals surface area (Å²) in [5.74, 6) is 2.78. The Morgan fingerprint density at radius 2 is 1.06 bits per heavy atom. The van der Waals surface area contributed by atoms with Gasteiger partial charge in [0.2, 0.25) is 0 Å². The fourth-order valence-corrected chi connectivity index (χ4v) is 7.54. The highest BCUT2D eigenvalue weighted by atomic mass is 16.6. The molecular formula is C28H30O4. The third kappa shape index (κ3) is 3.10. The minimum atomic E-state index is -0.344. The molecule has 4 bridgehead atoms. The maximum atomic E-state index is 13.0. The average molecular weight is 431 g/mol. The van der Waals surface area contributed by atoms with E-state index < -0.39 is 0 Å². The summed E-state index contributed by atoms with van der Waals surface area (Å²) in [4.78, 5) is 26.0. The minimum Gasteiger partial charge on any atom is -0.455 e. The Labute approximate surface area is 189 Å². The normalized spacial score (nSPS) is 36.2. The molecule has 4 heteroatoms. The second-order valence-corrected chi connectivity index (χ2v) is 10.5. The molecule has 8 atom stereocenters. The van der Waals surface area contributed by atoms with E-state index in [0.29, 0.717) is 34.8 Å². The van der Waals surface area contributed by atoms with E-state index in [9.17, 15) is 9.59 Å². The Kier molecular flexibility index (Phi) is 4.67. The highest BCUT2D eigenvalue weighted by Crippen LogP contribution is 2.68. The highest BCUT2D eigenvalue weighted by molar-refractivity contribution is 5.90. The molecule has 0 radical (unpaired) electrons. The summed E-state index contributed by atoms with van der Waals surface area (Å²) in [6, 6.07) is 15.0. The number of hydrogen-bond donors (Lipinski definition) is 0. The second kappa shape index (κ2) is 7.47. The van der Waals surface area contributed by atoms with Gasteiger partial charge < -0.3 is 9.47 Å². The van der Waals surface area contributed by atoms with Gasteiger partial charge in [0, 0.05) is 11.8 Å². The molecule has 32 heavy (non-hydrogen) atoms. The van der Waals surface area contributed by atoms with Gasteiger partial charge in [0.05, 0.1) is 11.1 Å². The van der Waals surface area contributed by atoms with Crippen LogP contribution in [0.2, 0.25) is 0 Å². The van der Waals surface area contributed by atoms with Gasteiger partial charge in [-0.05, 0) is 87.5 Å². The van der Waals surface area contributed by atoms with Crippen molar-refractivity contribution in [2.45, 2.75) is 51.7 Å². The van der Waals surface area contributed by atoms with Gasteiger partial charge in [-0.25, -0.2) is 9.59 Å². The third-order valence-corrected chi connectivity index (χ3v) is 8.81. The van der Waals surface area contributed by atoms with Crippen molar-refractivity contribution >= 4 is 11.9 Å². The van der Waals surface area contributed by atoms with Crippen LogP contribution in [0.4, 0.5) is 0 Å². The lowest BCUT2D eigenvalue weighted by Crippen LogP contribution is -2.48. The Morgan fingerprint density at radius 1 is 0.656 bits per heavy atom. The number of hydrogen-bond acceptors (Lipinski definition) is 4. The van der Waals surface area contributed by atoms with Gasteiger partial charge in [0.25, 0.3) is 0 Å². The van der Waals surface area contributed by atoms with Crippen molar-refractivity contribution in [3.63, 3.8) is 0 Å². The summed E-state index contributed by atoms with van der Waals surface area (Å²) in [7, 11) is 0. The van der Waals surface area contributed by atoms with E-state index in [1.807, 2.05) is 62.4 Å². The first-order chi connectivity index (χ1) is 15.5. The Balaban J connectivity index is 1.27. The number of esters is 2. The zero-order valence-electron chi connectivity index (χ0n) is 18.7. The fourth-order valence-electron chi connectivity index (χ4n) is 7.54. The van der Waals surface area contributed by atoms with Crippen molar-refractivity contribution in [2.75, 3.05) is 0 Å². The summed E-state index contributed by atoms with van der Waals surface area (Å²) in [6.07, 6.45) is 4.25. The van der Waals surface area contributed by atoms with Gasteiger partial charge in [0.1, 0.15) is 12.2 Å². The van der Waals surface area contributed by atoms with Crippen LogP contribution in [0.3, 0.4) is 0 Å². The van der Waals surface area contributed by atoms with E-state index in [4.69, 9.17) is 9.47 Å². The van der Waals surface area contributed by atoms with Crippen LogP contribution >= 0.6 is 0 Å². The molecule has 0 N–H and O–H groups in total. The summed E-state index contributed by atoms with van der Waals surface area (Å²) in [5, 5.41) is 0. The van der Waals surface area contributed by atoms with Crippen LogP contribution in [0.1, 0.15) is 57.5 Å². The maximum absolute atomic E-state index is 13.0. The predicted molar refractivity (Wildman–Crippen MR) is 120 cm³/mol. The zero-order valence-corrected chi connectivity index (χ0v) is 18.7. The summed E-state index contributed by atoms with van der Waals surface area (Å²) in [5.41, 5.74) is 3.34. The standard InChI is InChI=1S/C28H30O4/c1-15-3-7-17(8-4-15)27(29)31-25-21-14-22(24-20-12-11-19(13-20)23(21)24)26(25)32-28(30)18-9-5-16(2)6-10-18/h3-10,19-26H,11-14H2,1-2H3. The van der Waals surface area contributed by atoms with Crippen LogP contribution in [0, 0.1) is 49.4 Å². The molecule has 4 aliphatic carbocycles. The van der Waals surface area contributed by atoms with Crippen molar-refractivity contribution in [1.82, 2.24) is 0 Å². The number of carbonyl (C=O) groups excluding carboxylic acids is 2. The number of benzene rings is 2. The minimum absolute atomic E-state index is 0.307. The molecule has 0 heterocycles. The largest absolute Gasteiger partial charge is 0.455 e. The fraction of sp³-hybridized carbons (Fsp3) is 0.500. The first kappa shape index (κ1) is 20.0. The lowest BCUT2D eigenvalue weighted by Gasteiger charge is -2.42. The van der Waals surface area contributed by atoms with Crippen molar-refractivity contribution in [3.05, 3.63) is 70.8 Å². The van der Waals surface area contributed by atoms with Crippen molar-refractivity contribution in [2.24, 2.45) is 35.5 Å². The molecular weight excluding hydrogens is 400 g/mol. The van der Waals surface area contributed by atoms with Crippen LogP contribution < -0.4 is 0 Å². The van der Waals surface area contributed by atoms with Crippen LogP contribution in [-0.2, 0) is 9.47 Å². The highest BCUT2D eigenvalue weighted by Gasteiger charge is 2.68. The van der Waals surface area contributed by atoms with Crippen LogP contribution in [0.25, 0.3) is 0 Å². The number of carbonyl (C=O) groups is 2. The first-order valence-electron chi connectivity index (χ1n) is 12.0. The van der Waals surface area contributed by atoms with Crippen LogP contribution in [0.5, 0.6) is 0 Å². The second-order valence-electron chi connectivity index (χ2n) is 10.5. The van der Waals surface area contributed by atoms with Gasteiger partial charge in [-0.2, -0.15) is 0 Å². The molecule has 2 aromatic carbocycles. The number of rotatable bonds is 4. The van der Waals surface area contributed by atoms with Gasteiger partial charge in [-0.1, -0.05) is 35.4 Å². The molecule has 8 unspecified atom stereocenters. The quantitative estimate of drug-likeness (QED) is 0.484. The third-order valence-electron chi connectivity index (χ3n) is 8.81. The van der Waals surface area contributed by atoms with Gasteiger partial charge in [-0.3, -0.25) is 0 Å². The predicted octanol–water partition coefficient (Wildman–Crippen LogP) is 5.37. The molecule has 0 saturated heterocycles. The van der Waals surface area contributed by atoms with Crippen molar-refractivity contribution < 1.29 is 19.1 Å². The monoisotopic (exact) mass is 430 g/mol. The molecule has 2 aromatic rings. The van der Waals surface area contributed by atoms with Crippen LogP contribution in [-0.4, -0.2) is 24.1 Å². The van der Waals surface area contributed by atoms with Gasteiger partial charge in [-0.15, -0.1) is 0 Å². The van der Waals surface area contributed by atoms with Crippen molar-refractivity contribution in [3.8, 4) is 0 Å². The SMILES string of the molecule is Cc1ccc(C(=O)OC2C3CC(C2OC(=O)c2ccc(C)cc2)C2C4CCC(C4)C32)cc1. The van der Waals surface area contributed by atoms with E-state index >= 15 is 0 Å². The molecule has 6 rings (SSSR count). The number of fused-ring (bicyclic) bond motifs is 9. The Hall–Kier alpha value is -2.62. The van der Waals surface area contributed by atoms with Crippen molar-refractivity contribution in [1.29, 1.82) is 0 Å². The summed E-state index contributed by atoms with van der Waals surface area (Å²) < 4.78 is 12.3. The first-order valence-corrected chi connectivity index (χ1v) is 12.0. The smallest absolute Gasteiger partial charge is 0.338 e. The van der Waals surface area contributed by atoms with E-state index in [1.54, 1.807) is 0 Å².